The van der Waals surface area contributed by atoms with Gasteiger partial charge >= 0.3 is 6.39 Å². The van der Waals surface area contributed by atoms with E-state index in [1.54, 1.807) is 0 Å². The zero-order valence-corrected chi connectivity index (χ0v) is 6.61. The molecule has 2 rings (SSSR count). The first-order valence-electron chi connectivity index (χ1n) is 3.63. The van der Waals surface area contributed by atoms with Crippen molar-refractivity contribution in [2.45, 2.75) is 6.92 Å². The summed E-state index contributed by atoms with van der Waals surface area (Å²) in [6, 6.07) is 7.92. The van der Waals surface area contributed by atoms with Crippen LogP contribution < -0.4 is 0 Å². The molecule has 3 heteroatoms. The topological polar surface area (TPSA) is 38.9 Å². The molecule has 0 atom stereocenters. The van der Waals surface area contributed by atoms with Crippen molar-refractivity contribution in [3.63, 3.8) is 0 Å². The van der Waals surface area contributed by atoms with Gasteiger partial charge in [-0.1, -0.05) is 28.9 Å². The Bertz CT molecular complexity index is 368. The van der Waals surface area contributed by atoms with Crippen molar-refractivity contribution < 1.29 is 4.52 Å². The third-order valence-electron chi connectivity index (χ3n) is 1.60. The summed E-state index contributed by atoms with van der Waals surface area (Å²) < 4.78 is 4.52. The van der Waals surface area contributed by atoms with E-state index in [1.807, 2.05) is 31.2 Å². The predicted octanol–water partition coefficient (Wildman–Crippen LogP) is 1.85. The molecule has 3 nitrogen and oxygen atoms in total. The summed E-state index contributed by atoms with van der Waals surface area (Å²) >= 11 is 0. The first-order chi connectivity index (χ1) is 5.86. The molecule has 0 fully saturated rings. The normalized spacial score (nSPS) is 10.1. The van der Waals surface area contributed by atoms with E-state index in [0.717, 1.165) is 5.56 Å². The number of aromatic nitrogens is 2. The Hall–Kier alpha value is -1.64. The van der Waals surface area contributed by atoms with E-state index in [-0.39, 0.29) is 0 Å². The van der Waals surface area contributed by atoms with Crippen molar-refractivity contribution in [3.8, 4) is 11.4 Å². The highest BCUT2D eigenvalue weighted by atomic mass is 16.5. The van der Waals surface area contributed by atoms with E-state index >= 15 is 0 Å². The molecule has 0 aliphatic heterocycles. The molecule has 0 amide bonds. The Kier molecular flexibility index (Phi) is 1.63. The highest BCUT2D eigenvalue weighted by molar-refractivity contribution is 5.54. The number of aryl methyl sites for hydroxylation is 1. The maximum atomic E-state index is 4.52. The Morgan fingerprint density at radius 1 is 1.42 bits per heavy atom. The summed E-state index contributed by atoms with van der Waals surface area (Å²) in [5.74, 6) is 0.582. The molecule has 0 bridgehead atoms. The number of hydrogen-bond acceptors (Lipinski definition) is 3. The molecule has 0 N–H and O–H groups in total. The Balaban J connectivity index is 2.48. The van der Waals surface area contributed by atoms with Gasteiger partial charge < -0.3 is 4.52 Å². The van der Waals surface area contributed by atoms with Gasteiger partial charge in [0.05, 0.1) is 0 Å². The van der Waals surface area contributed by atoms with Crippen molar-refractivity contribution >= 4 is 0 Å². The second-order valence-electron chi connectivity index (χ2n) is 2.58. The molecule has 1 radical (unpaired) electrons. The lowest BCUT2D eigenvalue weighted by molar-refractivity contribution is 0.411. The average Bonchev–Trinajstić information content (AvgIpc) is 2.56. The number of benzene rings is 1. The fourth-order valence-electron chi connectivity index (χ4n) is 1.05. The van der Waals surface area contributed by atoms with Crippen LogP contribution in [0.3, 0.4) is 0 Å². The molecule has 12 heavy (non-hydrogen) atoms. The molecule has 1 aromatic heterocycles. The summed E-state index contributed by atoms with van der Waals surface area (Å²) in [7, 11) is 0. The summed E-state index contributed by atoms with van der Waals surface area (Å²) in [4.78, 5) is 3.82. The van der Waals surface area contributed by atoms with E-state index in [9.17, 15) is 0 Å². The van der Waals surface area contributed by atoms with Crippen LogP contribution in [0.5, 0.6) is 0 Å². The van der Waals surface area contributed by atoms with Crippen LogP contribution in [-0.2, 0) is 0 Å². The van der Waals surface area contributed by atoms with Gasteiger partial charge in [-0.25, -0.2) is 0 Å². The van der Waals surface area contributed by atoms with Gasteiger partial charge in [0.2, 0.25) is 5.82 Å². The van der Waals surface area contributed by atoms with Crippen molar-refractivity contribution in [3.05, 3.63) is 36.2 Å². The molecule has 59 valence electrons. The van der Waals surface area contributed by atoms with Crippen molar-refractivity contribution in [1.29, 1.82) is 0 Å². The second-order valence-corrected chi connectivity index (χ2v) is 2.58. The number of rotatable bonds is 1. The van der Waals surface area contributed by atoms with Gasteiger partial charge in [-0.3, -0.25) is 0 Å². The van der Waals surface area contributed by atoms with Crippen LogP contribution in [0, 0.1) is 13.3 Å². The van der Waals surface area contributed by atoms with Crippen molar-refractivity contribution in [2.75, 3.05) is 0 Å². The van der Waals surface area contributed by atoms with Crippen LogP contribution in [-0.4, -0.2) is 10.1 Å². The number of nitrogens with zero attached hydrogens (tertiary/aromatic N) is 2. The van der Waals surface area contributed by atoms with Gasteiger partial charge in [-0.05, 0) is 13.0 Å². The third-order valence-corrected chi connectivity index (χ3v) is 1.60. The quantitative estimate of drug-likeness (QED) is 0.637. The lowest BCUT2D eigenvalue weighted by atomic mass is 10.1. The maximum Gasteiger partial charge on any atom is 0.316 e. The molecule has 0 saturated heterocycles. The maximum absolute atomic E-state index is 4.52. The van der Waals surface area contributed by atoms with Gasteiger partial charge in [-0.15, -0.1) is 0 Å². The highest BCUT2D eigenvalue weighted by Gasteiger charge is 2.01. The van der Waals surface area contributed by atoms with E-state index in [4.69, 9.17) is 0 Å². The standard InChI is InChI=1S/C9H7N2O/c1-7-3-2-4-8(5-7)9-10-6-12-11-9/h2-5H,1H3. The van der Waals surface area contributed by atoms with E-state index in [0.29, 0.717) is 5.82 Å². The van der Waals surface area contributed by atoms with Crippen LogP contribution in [0.1, 0.15) is 5.56 Å². The third kappa shape index (κ3) is 1.21. The first kappa shape index (κ1) is 7.03. The van der Waals surface area contributed by atoms with Gasteiger partial charge in [-0.2, -0.15) is 4.98 Å². The molecular weight excluding hydrogens is 152 g/mol. The van der Waals surface area contributed by atoms with E-state index in [1.165, 1.54) is 5.56 Å². The summed E-state index contributed by atoms with van der Waals surface area (Å²) in [6.45, 7) is 2.02. The fourth-order valence-corrected chi connectivity index (χ4v) is 1.05. The summed E-state index contributed by atoms with van der Waals surface area (Å²) in [5.41, 5.74) is 2.14. The van der Waals surface area contributed by atoms with E-state index < -0.39 is 0 Å². The smallest absolute Gasteiger partial charge is 0.316 e. The Labute approximate surface area is 70.0 Å². The minimum Gasteiger partial charge on any atom is -0.328 e. The molecule has 1 heterocycles. The Morgan fingerprint density at radius 2 is 2.33 bits per heavy atom. The molecule has 0 spiro atoms. The molecule has 0 saturated carbocycles. The fraction of sp³-hybridized carbons (Fsp3) is 0.111. The largest absolute Gasteiger partial charge is 0.328 e. The molecule has 0 unspecified atom stereocenters. The minimum atomic E-state index is 0.582. The zero-order chi connectivity index (χ0) is 8.39. The molecule has 2 aromatic rings. The molecule has 0 aliphatic carbocycles. The monoisotopic (exact) mass is 159 g/mol. The van der Waals surface area contributed by atoms with Crippen molar-refractivity contribution in [1.82, 2.24) is 10.1 Å². The lowest BCUT2D eigenvalue weighted by Gasteiger charge is -1.94. The summed E-state index contributed by atoms with van der Waals surface area (Å²) in [5, 5.41) is 3.69. The average molecular weight is 159 g/mol. The SMILES string of the molecule is Cc1cccc(-c2n[c]on2)c1. The van der Waals surface area contributed by atoms with Gasteiger partial charge in [0.15, 0.2) is 0 Å². The van der Waals surface area contributed by atoms with Crippen LogP contribution in [0.25, 0.3) is 11.4 Å². The second kappa shape index (κ2) is 2.77. The zero-order valence-electron chi connectivity index (χ0n) is 6.61. The van der Waals surface area contributed by atoms with Crippen molar-refractivity contribution in [2.24, 2.45) is 0 Å². The van der Waals surface area contributed by atoms with Gasteiger partial charge in [0.25, 0.3) is 0 Å². The molecule has 1 aromatic carbocycles. The predicted molar refractivity (Wildman–Crippen MR) is 43.3 cm³/mol. The van der Waals surface area contributed by atoms with E-state index in [2.05, 4.69) is 21.1 Å². The van der Waals surface area contributed by atoms with Crippen LogP contribution in [0.15, 0.2) is 28.8 Å². The molecular formula is C9H7N2O. The minimum absolute atomic E-state index is 0.582. The molecule has 0 aliphatic rings. The van der Waals surface area contributed by atoms with Gasteiger partial charge in [0, 0.05) is 5.56 Å². The first-order valence-corrected chi connectivity index (χ1v) is 3.63. The Morgan fingerprint density at radius 3 is 3.00 bits per heavy atom. The van der Waals surface area contributed by atoms with Crippen LogP contribution in [0.2, 0.25) is 0 Å². The van der Waals surface area contributed by atoms with Crippen LogP contribution in [0.4, 0.5) is 0 Å². The number of hydrogen-bond donors (Lipinski definition) is 0. The summed E-state index contributed by atoms with van der Waals surface area (Å²) in [6.07, 6.45) is 2.31. The van der Waals surface area contributed by atoms with Gasteiger partial charge in [0.1, 0.15) is 0 Å². The van der Waals surface area contributed by atoms with Crippen LogP contribution >= 0.6 is 0 Å². The highest BCUT2D eigenvalue weighted by Crippen LogP contribution is 2.14. The lowest BCUT2D eigenvalue weighted by Crippen LogP contribution is -1.80.